The SMILES string of the molecule is C[C@H](NC(=O)c1ccc(F)c(F)c1)c1cn([C@@H](CC(=O)NO)Cc2ccc3c(c2)CCCC3)nn1. The third-order valence-corrected chi connectivity index (χ3v) is 6.31. The first kappa shape index (κ1) is 24.5. The zero-order valence-corrected chi connectivity index (χ0v) is 19.3. The number of carbonyl (C=O) groups is 2. The Hall–Kier alpha value is -3.66. The van der Waals surface area contributed by atoms with E-state index in [1.54, 1.807) is 23.3 Å². The van der Waals surface area contributed by atoms with E-state index >= 15 is 0 Å². The van der Waals surface area contributed by atoms with Gasteiger partial charge < -0.3 is 5.32 Å². The Morgan fingerprint density at radius 2 is 1.86 bits per heavy atom. The second-order valence-corrected chi connectivity index (χ2v) is 8.85. The first-order valence-electron chi connectivity index (χ1n) is 11.5. The van der Waals surface area contributed by atoms with Crippen LogP contribution in [0.15, 0.2) is 42.6 Å². The molecular formula is C25H27F2N5O3. The summed E-state index contributed by atoms with van der Waals surface area (Å²) in [5.41, 5.74) is 5.82. The molecule has 3 N–H and O–H groups in total. The van der Waals surface area contributed by atoms with Gasteiger partial charge in [0.15, 0.2) is 11.6 Å². The second kappa shape index (κ2) is 10.7. The van der Waals surface area contributed by atoms with Gasteiger partial charge in [0.2, 0.25) is 5.91 Å². The van der Waals surface area contributed by atoms with E-state index in [1.807, 2.05) is 0 Å². The van der Waals surface area contributed by atoms with Crippen LogP contribution in [0.1, 0.15) is 71.0 Å². The number of aryl methyl sites for hydroxylation is 2. The van der Waals surface area contributed by atoms with E-state index in [-0.39, 0.29) is 12.0 Å². The number of hydroxylamine groups is 1. The molecule has 0 saturated heterocycles. The molecule has 1 aromatic heterocycles. The zero-order valence-electron chi connectivity index (χ0n) is 19.3. The van der Waals surface area contributed by atoms with Crippen molar-refractivity contribution in [3.63, 3.8) is 0 Å². The standard InChI is InChI=1S/C25H27F2N5O3/c1-15(28-25(34)19-8-9-21(26)22(27)12-19)23-14-32(31-29-23)20(13-24(33)30-35)11-16-6-7-17-4-2-3-5-18(17)10-16/h6-10,12,14-15,20,35H,2-5,11,13H2,1H3,(H,28,34)(H,30,33)/t15-,20+/m0/s1. The van der Waals surface area contributed by atoms with E-state index in [0.29, 0.717) is 12.1 Å². The Morgan fingerprint density at radius 1 is 1.09 bits per heavy atom. The summed E-state index contributed by atoms with van der Waals surface area (Å²) >= 11 is 0. The van der Waals surface area contributed by atoms with Crippen LogP contribution in [0, 0.1) is 11.6 Å². The summed E-state index contributed by atoms with van der Waals surface area (Å²) in [6.07, 6.45) is 6.57. The minimum Gasteiger partial charge on any atom is -0.344 e. The maximum absolute atomic E-state index is 13.5. The summed E-state index contributed by atoms with van der Waals surface area (Å²) in [5.74, 6) is -3.28. The van der Waals surface area contributed by atoms with Gasteiger partial charge in [-0.1, -0.05) is 23.4 Å². The zero-order chi connectivity index (χ0) is 24.9. The molecule has 2 atom stereocenters. The predicted molar refractivity (Wildman–Crippen MR) is 123 cm³/mol. The van der Waals surface area contributed by atoms with Crippen LogP contribution in [0.25, 0.3) is 0 Å². The molecule has 4 rings (SSSR count). The molecule has 2 amide bonds. The molecule has 0 bridgehead atoms. The quantitative estimate of drug-likeness (QED) is 0.335. The number of hydrogen-bond donors (Lipinski definition) is 3. The molecule has 35 heavy (non-hydrogen) atoms. The Kier molecular flexibility index (Phi) is 7.50. The van der Waals surface area contributed by atoms with E-state index in [9.17, 15) is 18.4 Å². The largest absolute Gasteiger partial charge is 0.344 e. The smallest absolute Gasteiger partial charge is 0.251 e. The van der Waals surface area contributed by atoms with Crippen molar-refractivity contribution in [2.75, 3.05) is 0 Å². The van der Waals surface area contributed by atoms with Crippen LogP contribution < -0.4 is 10.8 Å². The van der Waals surface area contributed by atoms with Crippen molar-refractivity contribution in [1.29, 1.82) is 0 Å². The molecule has 1 aliphatic rings. The van der Waals surface area contributed by atoms with E-state index in [1.165, 1.54) is 23.6 Å². The van der Waals surface area contributed by atoms with Crippen molar-refractivity contribution in [3.05, 3.63) is 82.2 Å². The number of aromatic nitrogens is 3. The molecule has 0 aliphatic heterocycles. The molecule has 10 heteroatoms. The van der Waals surface area contributed by atoms with Gasteiger partial charge in [-0.15, -0.1) is 5.10 Å². The molecule has 0 saturated carbocycles. The molecular weight excluding hydrogens is 456 g/mol. The van der Waals surface area contributed by atoms with Crippen molar-refractivity contribution < 1.29 is 23.6 Å². The number of amides is 2. The van der Waals surface area contributed by atoms with Gasteiger partial charge in [-0.3, -0.25) is 14.8 Å². The van der Waals surface area contributed by atoms with Crippen LogP contribution in [0.4, 0.5) is 8.78 Å². The van der Waals surface area contributed by atoms with Crippen molar-refractivity contribution in [3.8, 4) is 0 Å². The van der Waals surface area contributed by atoms with E-state index < -0.39 is 35.5 Å². The number of benzene rings is 2. The molecule has 184 valence electrons. The van der Waals surface area contributed by atoms with Crippen LogP contribution in [-0.4, -0.2) is 32.0 Å². The highest BCUT2D eigenvalue weighted by Gasteiger charge is 2.22. The average molecular weight is 484 g/mol. The van der Waals surface area contributed by atoms with Crippen LogP contribution >= 0.6 is 0 Å². The van der Waals surface area contributed by atoms with Crippen molar-refractivity contribution in [2.24, 2.45) is 0 Å². The molecule has 0 unspecified atom stereocenters. The first-order chi connectivity index (χ1) is 16.8. The normalized spacial score (nSPS) is 14.6. The third-order valence-electron chi connectivity index (χ3n) is 6.31. The average Bonchev–Trinajstić information content (AvgIpc) is 3.35. The minimum atomic E-state index is -1.11. The number of halogens is 2. The van der Waals surface area contributed by atoms with Gasteiger partial charge in [0.1, 0.15) is 5.69 Å². The van der Waals surface area contributed by atoms with E-state index in [0.717, 1.165) is 37.0 Å². The van der Waals surface area contributed by atoms with E-state index in [2.05, 4.69) is 33.8 Å². The van der Waals surface area contributed by atoms with Crippen molar-refractivity contribution in [2.45, 2.75) is 57.5 Å². The van der Waals surface area contributed by atoms with Gasteiger partial charge >= 0.3 is 0 Å². The first-order valence-corrected chi connectivity index (χ1v) is 11.5. The van der Waals surface area contributed by atoms with Crippen LogP contribution in [0.5, 0.6) is 0 Å². The molecule has 1 aliphatic carbocycles. The van der Waals surface area contributed by atoms with Gasteiger partial charge in [0, 0.05) is 5.56 Å². The Labute approximate surface area is 201 Å². The molecule has 2 aromatic carbocycles. The number of hydrogen-bond acceptors (Lipinski definition) is 5. The fourth-order valence-electron chi connectivity index (χ4n) is 4.36. The molecule has 0 spiro atoms. The van der Waals surface area contributed by atoms with Crippen LogP contribution in [0.3, 0.4) is 0 Å². The monoisotopic (exact) mass is 483 g/mol. The predicted octanol–water partition coefficient (Wildman–Crippen LogP) is 3.61. The summed E-state index contributed by atoms with van der Waals surface area (Å²) in [4.78, 5) is 24.4. The maximum Gasteiger partial charge on any atom is 0.251 e. The lowest BCUT2D eigenvalue weighted by atomic mass is 9.89. The summed E-state index contributed by atoms with van der Waals surface area (Å²) in [6.45, 7) is 1.69. The van der Waals surface area contributed by atoms with Gasteiger partial charge in [0.25, 0.3) is 5.91 Å². The minimum absolute atomic E-state index is 0.0203. The van der Waals surface area contributed by atoms with Gasteiger partial charge in [0.05, 0.1) is 24.7 Å². The second-order valence-electron chi connectivity index (χ2n) is 8.85. The fraction of sp³-hybridized carbons (Fsp3) is 0.360. The topological polar surface area (TPSA) is 109 Å². The lowest BCUT2D eigenvalue weighted by Crippen LogP contribution is -2.27. The third kappa shape index (κ3) is 5.89. The summed E-state index contributed by atoms with van der Waals surface area (Å²) in [5, 5.41) is 20.0. The Morgan fingerprint density at radius 3 is 2.60 bits per heavy atom. The molecule has 8 nitrogen and oxygen atoms in total. The van der Waals surface area contributed by atoms with E-state index in [4.69, 9.17) is 5.21 Å². The van der Waals surface area contributed by atoms with Gasteiger partial charge in [-0.25, -0.2) is 18.9 Å². The number of fused-ring (bicyclic) bond motifs is 1. The van der Waals surface area contributed by atoms with Crippen molar-refractivity contribution in [1.82, 2.24) is 25.8 Å². The molecule has 0 fully saturated rings. The number of nitrogens with one attached hydrogen (secondary N) is 2. The molecule has 1 heterocycles. The highest BCUT2D eigenvalue weighted by Crippen LogP contribution is 2.25. The number of nitrogens with zero attached hydrogens (tertiary/aromatic N) is 3. The number of rotatable bonds is 8. The highest BCUT2D eigenvalue weighted by atomic mass is 19.2. The maximum atomic E-state index is 13.5. The summed E-state index contributed by atoms with van der Waals surface area (Å²) < 4.78 is 28.2. The lowest BCUT2D eigenvalue weighted by molar-refractivity contribution is -0.130. The summed E-state index contributed by atoms with van der Waals surface area (Å²) in [7, 11) is 0. The highest BCUT2D eigenvalue weighted by molar-refractivity contribution is 5.94. The lowest BCUT2D eigenvalue weighted by Gasteiger charge is -2.20. The molecule has 0 radical (unpaired) electrons. The molecule has 3 aromatic rings. The van der Waals surface area contributed by atoms with Gasteiger partial charge in [-0.05, 0) is 73.9 Å². The van der Waals surface area contributed by atoms with Gasteiger partial charge in [-0.2, -0.15) is 0 Å². The Balaban J connectivity index is 1.49. The number of carbonyl (C=O) groups excluding carboxylic acids is 2. The fourth-order valence-corrected chi connectivity index (χ4v) is 4.36. The summed E-state index contributed by atoms with van der Waals surface area (Å²) in [6, 6.07) is 8.27. The van der Waals surface area contributed by atoms with Crippen molar-refractivity contribution >= 4 is 11.8 Å². The Bertz CT molecular complexity index is 1230. The van der Waals surface area contributed by atoms with Crippen LogP contribution in [-0.2, 0) is 24.1 Å². The van der Waals surface area contributed by atoms with Crippen LogP contribution in [0.2, 0.25) is 0 Å².